The highest BCUT2D eigenvalue weighted by Gasteiger charge is 2.56. The van der Waals surface area contributed by atoms with Gasteiger partial charge in [-0.2, -0.15) is 0 Å². The molecule has 86 valence electrons. The molecule has 0 aromatic heterocycles. The number of nitroso groups, excluding NO2 is 1. The monoisotopic (exact) mass is 338 g/mol. The number of rotatable bonds is 1. The van der Waals surface area contributed by atoms with Gasteiger partial charge in [-0.25, -0.2) is 0 Å². The molecule has 0 N–H and O–H groups in total. The lowest BCUT2D eigenvalue weighted by atomic mass is 9.60. The van der Waals surface area contributed by atoms with E-state index in [0.29, 0.717) is 9.65 Å². The van der Waals surface area contributed by atoms with Crippen LogP contribution >= 0.6 is 31.9 Å². The summed E-state index contributed by atoms with van der Waals surface area (Å²) in [7, 11) is 0. The molecule has 1 aliphatic carbocycles. The Labute approximate surface area is 107 Å². The van der Waals surface area contributed by atoms with Crippen LogP contribution in [0.25, 0.3) is 0 Å². The minimum atomic E-state index is 0.208. The lowest BCUT2D eigenvalue weighted by molar-refractivity contribution is 0.0826. The maximum Gasteiger partial charge on any atom is 0.0524 e. The Bertz CT molecular complexity index is 265. The summed E-state index contributed by atoms with van der Waals surface area (Å²) < 4.78 is 0. The van der Waals surface area contributed by atoms with Gasteiger partial charge in [0.05, 0.1) is 5.29 Å². The van der Waals surface area contributed by atoms with E-state index in [9.17, 15) is 4.91 Å². The van der Waals surface area contributed by atoms with Crippen LogP contribution in [0, 0.1) is 15.7 Å². The fourth-order valence-corrected chi connectivity index (χ4v) is 4.84. The van der Waals surface area contributed by atoms with Crippen molar-refractivity contribution < 1.29 is 0 Å². The first-order valence-corrected chi connectivity index (χ1v) is 7.10. The van der Waals surface area contributed by atoms with Crippen LogP contribution in [0.1, 0.15) is 26.7 Å². The van der Waals surface area contributed by atoms with Crippen molar-refractivity contribution in [2.45, 2.75) is 36.3 Å². The quantitative estimate of drug-likeness (QED) is 0.542. The van der Waals surface area contributed by atoms with Crippen LogP contribution in [0.3, 0.4) is 0 Å². The second kappa shape index (κ2) is 3.69. The van der Waals surface area contributed by atoms with Crippen LogP contribution in [0.15, 0.2) is 5.29 Å². The Morgan fingerprint density at radius 3 is 1.87 bits per heavy atom. The molecule has 4 atom stereocenters. The minimum Gasteiger partial charge on any atom is -0.260 e. The number of nitrogens with zero attached hydrogens (tertiary/aromatic N) is 2. The molecule has 1 heterocycles. The highest BCUT2D eigenvalue weighted by Crippen LogP contribution is 2.57. The van der Waals surface area contributed by atoms with Gasteiger partial charge in [-0.1, -0.05) is 45.7 Å². The van der Waals surface area contributed by atoms with Gasteiger partial charge in [0.25, 0.3) is 0 Å². The Morgan fingerprint density at radius 2 is 1.53 bits per heavy atom. The van der Waals surface area contributed by atoms with E-state index in [-0.39, 0.29) is 10.8 Å². The van der Waals surface area contributed by atoms with Crippen molar-refractivity contribution in [3.63, 3.8) is 0 Å². The van der Waals surface area contributed by atoms with E-state index in [4.69, 9.17) is 0 Å². The summed E-state index contributed by atoms with van der Waals surface area (Å²) in [6.45, 7) is 6.17. The molecule has 2 aliphatic rings. The van der Waals surface area contributed by atoms with E-state index in [1.807, 2.05) is 0 Å². The predicted molar refractivity (Wildman–Crippen MR) is 68.2 cm³/mol. The summed E-state index contributed by atoms with van der Waals surface area (Å²) in [6, 6.07) is 0. The van der Waals surface area contributed by atoms with Gasteiger partial charge in [-0.05, 0) is 23.7 Å². The smallest absolute Gasteiger partial charge is 0.0524 e. The molecule has 3 nitrogen and oxygen atoms in total. The van der Waals surface area contributed by atoms with E-state index in [2.05, 4.69) is 51.0 Å². The third-order valence-electron chi connectivity index (χ3n) is 4.32. The molecule has 0 aromatic rings. The SMILES string of the molecule is C[C@@]12CC(Br)C(Br)C[C@]1(C)CN(N=O)C2. The molecule has 2 unspecified atom stereocenters. The average molecular weight is 340 g/mol. The molecule has 1 saturated carbocycles. The van der Waals surface area contributed by atoms with E-state index in [1.165, 1.54) is 0 Å². The molecule has 1 aliphatic heterocycles. The first-order chi connectivity index (χ1) is 6.90. The molecule has 0 radical (unpaired) electrons. The zero-order valence-corrected chi connectivity index (χ0v) is 12.2. The highest BCUT2D eigenvalue weighted by molar-refractivity contribution is 9.12. The van der Waals surface area contributed by atoms with Crippen LogP contribution in [0.4, 0.5) is 0 Å². The standard InChI is InChI=1S/C10H16Br2N2O/c1-9-3-7(11)8(12)4-10(9,2)6-14(5-9)13-15/h7-8H,3-6H2,1-2H3/t7?,8?,9-,10+. The molecule has 0 amide bonds. The lowest BCUT2D eigenvalue weighted by Gasteiger charge is -2.47. The lowest BCUT2D eigenvalue weighted by Crippen LogP contribution is -2.46. The molecule has 2 fully saturated rings. The van der Waals surface area contributed by atoms with Crippen LogP contribution in [0.2, 0.25) is 0 Å². The predicted octanol–water partition coefficient (Wildman–Crippen LogP) is 3.32. The number of hydrogen-bond acceptors (Lipinski definition) is 2. The van der Waals surface area contributed by atoms with Gasteiger partial charge >= 0.3 is 0 Å². The van der Waals surface area contributed by atoms with E-state index in [0.717, 1.165) is 25.9 Å². The minimum absolute atomic E-state index is 0.208. The molecule has 0 aromatic carbocycles. The van der Waals surface area contributed by atoms with E-state index >= 15 is 0 Å². The fourth-order valence-electron chi connectivity index (χ4n) is 3.04. The second-order valence-corrected chi connectivity index (χ2v) is 7.82. The van der Waals surface area contributed by atoms with Crippen molar-refractivity contribution in [3.8, 4) is 0 Å². The van der Waals surface area contributed by atoms with Gasteiger partial charge in [0, 0.05) is 22.7 Å². The van der Waals surface area contributed by atoms with Crippen molar-refractivity contribution in [3.05, 3.63) is 4.91 Å². The molecular weight excluding hydrogens is 324 g/mol. The summed E-state index contributed by atoms with van der Waals surface area (Å²) >= 11 is 7.43. The summed E-state index contributed by atoms with van der Waals surface area (Å²) in [6.07, 6.45) is 2.21. The number of fused-ring (bicyclic) bond motifs is 1. The van der Waals surface area contributed by atoms with Crippen LogP contribution in [-0.4, -0.2) is 27.8 Å². The number of halogens is 2. The van der Waals surface area contributed by atoms with E-state index < -0.39 is 0 Å². The van der Waals surface area contributed by atoms with Gasteiger partial charge in [0.2, 0.25) is 0 Å². The largest absolute Gasteiger partial charge is 0.260 e. The highest BCUT2D eigenvalue weighted by atomic mass is 79.9. The zero-order chi connectivity index (χ0) is 11.3. The third kappa shape index (κ3) is 1.75. The molecule has 2 rings (SSSR count). The zero-order valence-electron chi connectivity index (χ0n) is 9.04. The molecular formula is C10H16Br2N2O. The summed E-state index contributed by atoms with van der Waals surface area (Å²) in [5, 5.41) is 4.79. The van der Waals surface area contributed by atoms with Gasteiger partial charge in [0.1, 0.15) is 0 Å². The average Bonchev–Trinajstić information content (AvgIpc) is 2.38. The number of hydrogen-bond donors (Lipinski definition) is 0. The Kier molecular flexibility index (Phi) is 2.91. The van der Waals surface area contributed by atoms with E-state index in [1.54, 1.807) is 5.01 Å². The van der Waals surface area contributed by atoms with Crippen molar-refractivity contribution >= 4 is 31.9 Å². The Hall–Kier alpha value is 0.360. The molecule has 1 saturated heterocycles. The summed E-state index contributed by atoms with van der Waals surface area (Å²) in [4.78, 5) is 11.7. The number of alkyl halides is 2. The van der Waals surface area contributed by atoms with Crippen LogP contribution < -0.4 is 0 Å². The molecule has 5 heteroatoms. The van der Waals surface area contributed by atoms with Crippen molar-refractivity contribution in [1.29, 1.82) is 0 Å². The van der Waals surface area contributed by atoms with Gasteiger partial charge in [-0.3, -0.25) is 5.01 Å². The molecule has 0 bridgehead atoms. The van der Waals surface area contributed by atoms with Gasteiger partial charge in [0.15, 0.2) is 0 Å². The van der Waals surface area contributed by atoms with Gasteiger partial charge in [-0.15, -0.1) is 4.91 Å². The van der Waals surface area contributed by atoms with Crippen LogP contribution in [-0.2, 0) is 0 Å². The fraction of sp³-hybridized carbons (Fsp3) is 1.00. The molecule has 0 spiro atoms. The van der Waals surface area contributed by atoms with Gasteiger partial charge < -0.3 is 0 Å². The Balaban J connectivity index is 2.26. The summed E-state index contributed by atoms with van der Waals surface area (Å²) in [5.74, 6) is 0. The maximum absolute atomic E-state index is 10.7. The van der Waals surface area contributed by atoms with Crippen LogP contribution in [0.5, 0.6) is 0 Å². The first kappa shape index (κ1) is 11.8. The van der Waals surface area contributed by atoms with Crippen molar-refractivity contribution in [2.24, 2.45) is 16.1 Å². The first-order valence-electron chi connectivity index (χ1n) is 5.27. The third-order valence-corrected chi connectivity index (χ3v) is 6.95. The summed E-state index contributed by atoms with van der Waals surface area (Å²) in [5.41, 5.74) is 0.415. The second-order valence-electron chi connectivity index (χ2n) is 5.47. The normalized spacial score (nSPS) is 50.3. The topological polar surface area (TPSA) is 32.7 Å². The van der Waals surface area contributed by atoms with Crippen molar-refractivity contribution in [2.75, 3.05) is 13.1 Å². The molecule has 15 heavy (non-hydrogen) atoms. The van der Waals surface area contributed by atoms with Crippen molar-refractivity contribution in [1.82, 2.24) is 5.01 Å². The Morgan fingerprint density at radius 1 is 1.13 bits per heavy atom. The maximum atomic E-state index is 10.7.